The molecule has 0 saturated carbocycles. The van der Waals surface area contributed by atoms with Crippen LogP contribution in [-0.4, -0.2) is 44.8 Å². The summed E-state index contributed by atoms with van der Waals surface area (Å²) in [5.41, 5.74) is 1.40. The molecular weight excluding hydrogens is 639 g/mol. The number of amides is 2. The van der Waals surface area contributed by atoms with E-state index in [-0.39, 0.29) is 17.9 Å². The second-order valence-electron chi connectivity index (χ2n) is 10.8. The number of nitrogens with zero attached hydrogens (tertiary/aromatic N) is 2. The molecule has 242 valence electrons. The fourth-order valence-corrected chi connectivity index (χ4v) is 6.61. The highest BCUT2D eigenvalue weighted by Crippen LogP contribution is 2.38. The summed E-state index contributed by atoms with van der Waals surface area (Å²) in [6, 6.07) is 23.5. The summed E-state index contributed by atoms with van der Waals surface area (Å²) in [6.45, 7) is 2.65. The van der Waals surface area contributed by atoms with Gasteiger partial charge in [-0.25, -0.2) is 8.42 Å². The normalized spacial score (nSPS) is 12.3. The van der Waals surface area contributed by atoms with E-state index in [1.807, 2.05) is 25.1 Å². The van der Waals surface area contributed by atoms with E-state index in [0.717, 1.165) is 28.8 Å². The first kappa shape index (κ1) is 34.5. The van der Waals surface area contributed by atoms with Crippen molar-refractivity contribution in [2.45, 2.75) is 43.9 Å². The Balaban J connectivity index is 1.85. The van der Waals surface area contributed by atoms with Crippen molar-refractivity contribution < 1.29 is 31.2 Å². The van der Waals surface area contributed by atoms with Gasteiger partial charge in [-0.2, -0.15) is 13.2 Å². The molecule has 0 saturated heterocycles. The van der Waals surface area contributed by atoms with Crippen LogP contribution in [0.25, 0.3) is 0 Å². The minimum Gasteiger partial charge on any atom is -0.357 e. The van der Waals surface area contributed by atoms with Crippen LogP contribution in [0.15, 0.2) is 102 Å². The number of hydrogen-bond donors (Lipinski definition) is 1. The van der Waals surface area contributed by atoms with Crippen LogP contribution in [0.2, 0.25) is 5.02 Å². The number of nitrogens with one attached hydrogen (secondary N) is 1. The summed E-state index contributed by atoms with van der Waals surface area (Å²) in [7, 11) is -3.16. The molecule has 0 bridgehead atoms. The SMILES string of the molecule is CNC(=O)C(Cc1ccccc1)N(Cc1cccc(C)c1)C(=O)CN(c1ccc(Cl)c(C(F)(F)F)c1)S(=O)(=O)c1ccc(C)cc1. The Morgan fingerprint density at radius 2 is 1.50 bits per heavy atom. The second kappa shape index (κ2) is 14.4. The predicted molar refractivity (Wildman–Crippen MR) is 172 cm³/mol. The van der Waals surface area contributed by atoms with Crippen molar-refractivity contribution in [2.75, 3.05) is 17.9 Å². The third-order valence-corrected chi connectivity index (χ3v) is 9.50. The summed E-state index contributed by atoms with van der Waals surface area (Å²) < 4.78 is 70.4. The van der Waals surface area contributed by atoms with Gasteiger partial charge >= 0.3 is 6.18 Å². The highest BCUT2D eigenvalue weighted by molar-refractivity contribution is 7.92. The summed E-state index contributed by atoms with van der Waals surface area (Å²) in [5.74, 6) is -1.30. The van der Waals surface area contributed by atoms with Gasteiger partial charge in [-0.1, -0.05) is 89.5 Å². The molecule has 0 heterocycles. The van der Waals surface area contributed by atoms with Gasteiger partial charge in [-0.15, -0.1) is 0 Å². The molecule has 0 aromatic heterocycles. The summed E-state index contributed by atoms with van der Waals surface area (Å²) in [5, 5.41) is 1.96. The zero-order valence-corrected chi connectivity index (χ0v) is 27.0. The molecule has 46 heavy (non-hydrogen) atoms. The Bertz CT molecular complexity index is 1800. The van der Waals surface area contributed by atoms with Crippen LogP contribution in [-0.2, 0) is 38.8 Å². The van der Waals surface area contributed by atoms with Crippen molar-refractivity contribution in [1.29, 1.82) is 0 Å². The van der Waals surface area contributed by atoms with Crippen LogP contribution in [0.1, 0.15) is 27.8 Å². The van der Waals surface area contributed by atoms with Crippen molar-refractivity contribution in [3.05, 3.63) is 130 Å². The van der Waals surface area contributed by atoms with Crippen molar-refractivity contribution in [3.63, 3.8) is 0 Å². The molecule has 0 spiro atoms. The van der Waals surface area contributed by atoms with Crippen molar-refractivity contribution in [2.24, 2.45) is 0 Å². The number of aryl methyl sites for hydroxylation is 2. The Morgan fingerprint density at radius 3 is 2.11 bits per heavy atom. The lowest BCUT2D eigenvalue weighted by Gasteiger charge is -2.33. The zero-order chi connectivity index (χ0) is 33.6. The molecule has 2 amide bonds. The topological polar surface area (TPSA) is 86.8 Å². The van der Waals surface area contributed by atoms with Crippen LogP contribution >= 0.6 is 11.6 Å². The maximum Gasteiger partial charge on any atom is 0.417 e. The Labute approximate surface area is 271 Å². The van der Waals surface area contributed by atoms with Crippen LogP contribution in [0.4, 0.5) is 18.9 Å². The van der Waals surface area contributed by atoms with Crippen LogP contribution in [0, 0.1) is 13.8 Å². The number of alkyl halides is 3. The number of sulfonamides is 1. The molecule has 0 aliphatic carbocycles. The average molecular weight is 672 g/mol. The Kier molecular flexibility index (Phi) is 10.8. The molecule has 0 radical (unpaired) electrons. The lowest BCUT2D eigenvalue weighted by atomic mass is 10.0. The number of carbonyl (C=O) groups excluding carboxylic acids is 2. The standard InChI is InChI=1S/C34H33ClF3N3O4S/c1-23-12-15-28(16-13-23)46(44,45)41(27-14-17-30(35)29(20-27)34(36,37)38)22-32(42)40(21-26-11-7-8-24(2)18-26)31(33(43)39-3)19-25-9-5-4-6-10-25/h4-18,20,31H,19,21-22H2,1-3H3,(H,39,43). The minimum atomic E-state index is -4.90. The number of rotatable bonds is 11. The van der Waals surface area contributed by atoms with Gasteiger partial charge in [0.2, 0.25) is 11.8 Å². The minimum absolute atomic E-state index is 0.0712. The fourth-order valence-electron chi connectivity index (χ4n) is 4.98. The van der Waals surface area contributed by atoms with Crippen LogP contribution in [0.3, 0.4) is 0 Å². The Hall–Kier alpha value is -4.35. The third kappa shape index (κ3) is 8.27. The van der Waals surface area contributed by atoms with E-state index in [9.17, 15) is 31.2 Å². The van der Waals surface area contributed by atoms with E-state index >= 15 is 0 Å². The second-order valence-corrected chi connectivity index (χ2v) is 13.1. The van der Waals surface area contributed by atoms with E-state index in [0.29, 0.717) is 15.9 Å². The van der Waals surface area contributed by atoms with Gasteiger partial charge in [-0.05, 0) is 55.3 Å². The molecule has 0 aliphatic rings. The van der Waals surface area contributed by atoms with E-state index in [1.165, 1.54) is 24.1 Å². The number of likely N-dealkylation sites (N-methyl/N-ethyl adjacent to an activating group) is 1. The highest BCUT2D eigenvalue weighted by Gasteiger charge is 2.37. The van der Waals surface area contributed by atoms with Gasteiger partial charge in [0.15, 0.2) is 0 Å². The predicted octanol–water partition coefficient (Wildman–Crippen LogP) is 6.56. The smallest absolute Gasteiger partial charge is 0.357 e. The van der Waals surface area contributed by atoms with Crippen LogP contribution in [0.5, 0.6) is 0 Å². The molecule has 1 atom stereocenters. The monoisotopic (exact) mass is 671 g/mol. The summed E-state index contributed by atoms with van der Waals surface area (Å²) in [4.78, 5) is 28.7. The maximum absolute atomic E-state index is 14.3. The van der Waals surface area contributed by atoms with E-state index in [2.05, 4.69) is 5.32 Å². The quantitative estimate of drug-likeness (QED) is 0.196. The zero-order valence-electron chi connectivity index (χ0n) is 25.4. The highest BCUT2D eigenvalue weighted by atomic mass is 35.5. The van der Waals surface area contributed by atoms with Crippen molar-refractivity contribution >= 4 is 39.1 Å². The van der Waals surface area contributed by atoms with Gasteiger partial charge in [0, 0.05) is 20.0 Å². The summed E-state index contributed by atoms with van der Waals surface area (Å²) in [6.07, 6.45) is -4.80. The first-order chi connectivity index (χ1) is 21.7. The van der Waals surface area contributed by atoms with Gasteiger partial charge in [0.25, 0.3) is 10.0 Å². The van der Waals surface area contributed by atoms with E-state index in [4.69, 9.17) is 11.6 Å². The van der Waals surface area contributed by atoms with E-state index in [1.54, 1.807) is 55.5 Å². The molecule has 1 N–H and O–H groups in total. The number of benzene rings is 4. The average Bonchev–Trinajstić information content (AvgIpc) is 3.01. The molecule has 4 aromatic carbocycles. The lowest BCUT2D eigenvalue weighted by Crippen LogP contribution is -2.53. The molecule has 4 aromatic rings. The van der Waals surface area contributed by atoms with E-state index < -0.39 is 56.9 Å². The molecule has 4 rings (SSSR count). The van der Waals surface area contributed by atoms with Crippen LogP contribution < -0.4 is 9.62 Å². The first-order valence-electron chi connectivity index (χ1n) is 14.3. The number of carbonyl (C=O) groups is 2. The number of hydrogen-bond acceptors (Lipinski definition) is 4. The third-order valence-electron chi connectivity index (χ3n) is 7.38. The molecular formula is C34H33ClF3N3O4S. The largest absolute Gasteiger partial charge is 0.417 e. The number of halogens is 4. The fraction of sp³-hybridized carbons (Fsp3) is 0.235. The molecule has 0 aliphatic heterocycles. The van der Waals surface area contributed by atoms with Gasteiger partial charge in [0.1, 0.15) is 12.6 Å². The maximum atomic E-state index is 14.3. The van der Waals surface area contributed by atoms with Crippen molar-refractivity contribution in [3.8, 4) is 0 Å². The van der Waals surface area contributed by atoms with Gasteiger partial charge in [0.05, 0.1) is 21.2 Å². The molecule has 0 fully saturated rings. The molecule has 1 unspecified atom stereocenters. The Morgan fingerprint density at radius 1 is 0.848 bits per heavy atom. The van der Waals surface area contributed by atoms with Gasteiger partial charge in [-0.3, -0.25) is 13.9 Å². The lowest BCUT2D eigenvalue weighted by molar-refractivity contribution is -0.139. The first-order valence-corrected chi connectivity index (χ1v) is 16.1. The molecule has 7 nitrogen and oxygen atoms in total. The number of anilines is 1. The summed E-state index contributed by atoms with van der Waals surface area (Å²) >= 11 is 5.86. The van der Waals surface area contributed by atoms with Crippen molar-refractivity contribution in [1.82, 2.24) is 10.2 Å². The molecule has 12 heteroatoms. The van der Waals surface area contributed by atoms with Gasteiger partial charge < -0.3 is 10.2 Å².